The highest BCUT2D eigenvalue weighted by atomic mass is 16.5. The third-order valence-electron chi connectivity index (χ3n) is 11.4. The fourth-order valence-corrected chi connectivity index (χ4v) is 8.49. The number of rotatable bonds is 7. The Morgan fingerprint density at radius 1 is 1.14 bits per heavy atom. The summed E-state index contributed by atoms with van der Waals surface area (Å²) in [6, 6.07) is 14.7. The molecule has 3 aromatic rings. The first kappa shape index (κ1) is 35.4. The van der Waals surface area contributed by atoms with E-state index < -0.39 is 11.6 Å². The molecular formula is C41H50N4O5. The summed E-state index contributed by atoms with van der Waals surface area (Å²) in [6.45, 7) is 6.95. The zero-order valence-electron chi connectivity index (χ0n) is 29.9. The average molecular weight is 679 g/mol. The fourth-order valence-electron chi connectivity index (χ4n) is 8.49. The summed E-state index contributed by atoms with van der Waals surface area (Å²) in [4.78, 5) is 50.9. The number of methoxy groups -OCH3 is 1. The number of anilines is 1. The number of carbonyl (C=O) groups is 3. The van der Waals surface area contributed by atoms with Crippen LogP contribution in [0.4, 0.5) is 5.69 Å². The van der Waals surface area contributed by atoms with E-state index in [0.717, 1.165) is 48.7 Å². The monoisotopic (exact) mass is 678 g/mol. The Morgan fingerprint density at radius 3 is 2.68 bits per heavy atom. The molecule has 2 unspecified atom stereocenters. The van der Waals surface area contributed by atoms with Gasteiger partial charge in [0.05, 0.1) is 18.3 Å². The number of piperazine rings is 1. The summed E-state index contributed by atoms with van der Waals surface area (Å²) in [6.07, 6.45) is 12.3. The molecule has 2 fully saturated rings. The zero-order valence-corrected chi connectivity index (χ0v) is 29.9. The summed E-state index contributed by atoms with van der Waals surface area (Å²) >= 11 is 0. The minimum Gasteiger partial charge on any atom is -0.495 e. The van der Waals surface area contributed by atoms with Crippen LogP contribution in [0.15, 0.2) is 48.5 Å². The predicted molar refractivity (Wildman–Crippen MR) is 195 cm³/mol. The van der Waals surface area contributed by atoms with Gasteiger partial charge in [-0.1, -0.05) is 44.0 Å². The Morgan fingerprint density at radius 2 is 1.94 bits per heavy atom. The van der Waals surface area contributed by atoms with Crippen LogP contribution >= 0.6 is 0 Å². The number of para-hydroxylation sites is 1. The van der Waals surface area contributed by atoms with Gasteiger partial charge in [0, 0.05) is 25.0 Å². The van der Waals surface area contributed by atoms with Crippen molar-refractivity contribution in [3.63, 3.8) is 0 Å². The minimum atomic E-state index is -1.05. The summed E-state index contributed by atoms with van der Waals surface area (Å²) in [7, 11) is 1.63. The number of fused-ring (bicyclic) bond motifs is 4. The van der Waals surface area contributed by atoms with Gasteiger partial charge in [0.1, 0.15) is 29.6 Å². The third kappa shape index (κ3) is 6.96. The molecule has 9 heteroatoms. The molecule has 6 rings (SSSR count). The number of hydrogen-bond donors (Lipinski definition) is 1. The van der Waals surface area contributed by atoms with Crippen LogP contribution in [0.2, 0.25) is 0 Å². The Bertz CT molecular complexity index is 1800. The van der Waals surface area contributed by atoms with Crippen molar-refractivity contribution in [2.24, 2.45) is 11.8 Å². The molecule has 0 bridgehead atoms. The number of amides is 3. The molecule has 1 aliphatic heterocycles. The number of hydrogen-bond acceptors (Lipinski definition) is 6. The van der Waals surface area contributed by atoms with Crippen LogP contribution in [0.25, 0.3) is 10.9 Å². The number of ether oxygens (including phenoxy) is 1. The maximum atomic E-state index is 13.9. The van der Waals surface area contributed by atoms with Gasteiger partial charge >= 0.3 is 0 Å². The van der Waals surface area contributed by atoms with E-state index in [9.17, 15) is 19.5 Å². The van der Waals surface area contributed by atoms with Crippen LogP contribution in [0, 0.1) is 24.2 Å². The van der Waals surface area contributed by atoms with E-state index in [2.05, 4.69) is 30.0 Å². The molecule has 1 N–H and O–H groups in total. The van der Waals surface area contributed by atoms with Crippen LogP contribution in [0.5, 0.6) is 5.75 Å². The van der Waals surface area contributed by atoms with Crippen LogP contribution < -0.4 is 9.64 Å². The molecule has 3 amide bonds. The quantitative estimate of drug-likeness (QED) is 0.309. The van der Waals surface area contributed by atoms with E-state index >= 15 is 0 Å². The second-order valence-corrected chi connectivity index (χ2v) is 14.5. The van der Waals surface area contributed by atoms with Crippen molar-refractivity contribution in [3.05, 3.63) is 65.4 Å². The summed E-state index contributed by atoms with van der Waals surface area (Å²) in [5, 5.41) is 11.9. The second-order valence-electron chi connectivity index (χ2n) is 14.5. The molecule has 2 aliphatic carbocycles. The van der Waals surface area contributed by atoms with Crippen LogP contribution in [-0.4, -0.2) is 82.5 Å². The normalized spacial score (nSPS) is 24.6. The van der Waals surface area contributed by atoms with Gasteiger partial charge < -0.3 is 24.5 Å². The van der Waals surface area contributed by atoms with Gasteiger partial charge in [0.25, 0.3) is 5.91 Å². The van der Waals surface area contributed by atoms with Crippen molar-refractivity contribution in [3.8, 4) is 18.1 Å². The smallest absolute Gasteiger partial charge is 0.273 e. The lowest BCUT2D eigenvalue weighted by Gasteiger charge is -2.40. The molecule has 9 nitrogen and oxygen atoms in total. The summed E-state index contributed by atoms with van der Waals surface area (Å²) in [5.74, 6) is 3.75. The maximum absolute atomic E-state index is 13.9. The Balaban J connectivity index is 1.20. The lowest BCUT2D eigenvalue weighted by molar-refractivity contribution is -0.140. The van der Waals surface area contributed by atoms with Crippen LogP contribution in [0.3, 0.4) is 0 Å². The van der Waals surface area contributed by atoms with Crippen LogP contribution in [0.1, 0.15) is 93.3 Å². The molecule has 0 radical (unpaired) electrons. The van der Waals surface area contributed by atoms with E-state index in [0.29, 0.717) is 68.1 Å². The van der Waals surface area contributed by atoms with Crippen molar-refractivity contribution in [1.82, 2.24) is 14.8 Å². The summed E-state index contributed by atoms with van der Waals surface area (Å²) in [5.41, 5.74) is 3.20. The van der Waals surface area contributed by atoms with Crippen molar-refractivity contribution in [2.75, 3.05) is 38.2 Å². The molecule has 1 saturated heterocycles. The number of aromatic nitrogens is 1. The molecule has 50 heavy (non-hydrogen) atoms. The van der Waals surface area contributed by atoms with E-state index in [1.165, 1.54) is 11.1 Å². The third-order valence-corrected chi connectivity index (χ3v) is 11.4. The first-order chi connectivity index (χ1) is 24.1. The molecular weight excluding hydrogens is 628 g/mol. The summed E-state index contributed by atoms with van der Waals surface area (Å²) < 4.78 is 5.86. The van der Waals surface area contributed by atoms with Crippen molar-refractivity contribution in [1.29, 1.82) is 0 Å². The molecule has 264 valence electrons. The molecule has 2 aromatic carbocycles. The zero-order chi connectivity index (χ0) is 35.6. The van der Waals surface area contributed by atoms with Gasteiger partial charge in [-0.25, -0.2) is 4.98 Å². The molecule has 0 spiro atoms. The highest BCUT2D eigenvalue weighted by Gasteiger charge is 2.39. The molecule has 3 aliphatic rings. The van der Waals surface area contributed by atoms with Gasteiger partial charge in [-0.05, 0) is 111 Å². The first-order valence-corrected chi connectivity index (χ1v) is 18.2. The number of nitrogens with zero attached hydrogens (tertiary/aromatic N) is 4. The fraction of sp³-hybridized carbons (Fsp3) is 0.512. The Kier molecular flexibility index (Phi) is 10.5. The van der Waals surface area contributed by atoms with Crippen molar-refractivity contribution < 1.29 is 24.2 Å². The SMILES string of the molecule is C#C[C@@]1(O)CCCC2c3cc(N4CCN(C(=O)[C@H](C)N(CCC)C(=O)c5ccc6ccccc6n5)CC4=O)c(OC)cc3CC[C@H]2C(C)CC1. The van der Waals surface area contributed by atoms with Crippen LogP contribution in [-0.2, 0) is 16.0 Å². The largest absolute Gasteiger partial charge is 0.495 e. The number of terminal acetylenes is 1. The highest BCUT2D eigenvalue weighted by molar-refractivity contribution is 6.01. The number of aryl methyl sites for hydroxylation is 1. The lowest BCUT2D eigenvalue weighted by Crippen LogP contribution is -2.57. The van der Waals surface area contributed by atoms with Gasteiger partial charge in [-0.15, -0.1) is 6.42 Å². The van der Waals surface area contributed by atoms with Gasteiger partial charge in [0.2, 0.25) is 11.8 Å². The number of aliphatic hydroxyl groups is 1. The van der Waals surface area contributed by atoms with Gasteiger partial charge in [0.15, 0.2) is 0 Å². The molecule has 1 saturated carbocycles. The van der Waals surface area contributed by atoms with Crippen molar-refractivity contribution >= 4 is 34.3 Å². The maximum Gasteiger partial charge on any atom is 0.273 e. The standard InChI is InChI=1S/C41H50N4O5/c1-6-21-44(40(48)35-17-15-29-11-8-9-13-34(29)42-35)28(4)39(47)43-22-23-45(38(46)26-43)36-25-33-30(24-37(36)50-5)14-16-31-27(3)18-20-41(49,7-2)19-10-12-32(31)33/h2,8-9,11,13,15,17,24-25,27-28,31-32,49H,6,10,12,14,16,18-23,26H2,1,3-5H3/t27?,28-,31-,32?,41+/m0/s1. The van der Waals surface area contributed by atoms with E-state index in [1.807, 2.05) is 37.3 Å². The molecule has 2 heterocycles. The Hall–Kier alpha value is -4.42. The molecule has 5 atom stereocenters. The molecule has 1 aromatic heterocycles. The first-order valence-electron chi connectivity index (χ1n) is 18.2. The predicted octanol–water partition coefficient (Wildman–Crippen LogP) is 5.97. The minimum absolute atomic E-state index is 0.0838. The average Bonchev–Trinajstić information content (AvgIpc) is 3.20. The van der Waals surface area contributed by atoms with E-state index in [1.54, 1.807) is 34.8 Å². The second kappa shape index (κ2) is 14.8. The topological polar surface area (TPSA) is 103 Å². The van der Waals surface area contributed by atoms with Gasteiger partial charge in [-0.3, -0.25) is 14.4 Å². The number of pyridine rings is 1. The van der Waals surface area contributed by atoms with Crippen molar-refractivity contribution in [2.45, 2.75) is 89.7 Å². The van der Waals surface area contributed by atoms with Gasteiger partial charge in [-0.2, -0.15) is 0 Å². The highest BCUT2D eigenvalue weighted by Crippen LogP contribution is 2.49. The number of benzene rings is 2. The van der Waals surface area contributed by atoms with E-state index in [4.69, 9.17) is 11.2 Å². The number of carbonyl (C=O) groups excluding carboxylic acids is 3. The lowest BCUT2D eigenvalue weighted by atomic mass is 9.67. The van der Waals surface area contributed by atoms with E-state index in [-0.39, 0.29) is 24.3 Å². The Labute approximate surface area is 296 Å².